The van der Waals surface area contributed by atoms with Gasteiger partial charge in [-0.3, -0.25) is 0 Å². The van der Waals surface area contributed by atoms with Crippen molar-refractivity contribution in [3.63, 3.8) is 0 Å². The monoisotopic (exact) mass is 233 g/mol. The van der Waals surface area contributed by atoms with Crippen molar-refractivity contribution in [2.45, 2.75) is 44.4 Å². The number of aromatic carboxylic acids is 1. The van der Waals surface area contributed by atoms with Crippen LogP contribution in [0, 0.1) is 0 Å². The number of nitrogen functional groups attached to an aromatic ring is 1. The van der Waals surface area contributed by atoms with Crippen molar-refractivity contribution in [3.05, 3.63) is 29.3 Å². The van der Waals surface area contributed by atoms with Gasteiger partial charge in [-0.1, -0.05) is 25.7 Å². The summed E-state index contributed by atoms with van der Waals surface area (Å²) in [5.41, 5.74) is 7.75. The highest BCUT2D eigenvalue weighted by Gasteiger charge is 2.16. The van der Waals surface area contributed by atoms with Gasteiger partial charge in [-0.25, -0.2) is 4.79 Å². The molecule has 92 valence electrons. The lowest BCUT2D eigenvalue weighted by Gasteiger charge is -2.15. The van der Waals surface area contributed by atoms with Crippen LogP contribution in [0.15, 0.2) is 18.2 Å². The number of carboxylic acid groups (broad SMARTS) is 1. The van der Waals surface area contributed by atoms with E-state index in [9.17, 15) is 4.79 Å². The Labute approximate surface area is 102 Å². The van der Waals surface area contributed by atoms with Gasteiger partial charge in [0.25, 0.3) is 0 Å². The number of hydrogen-bond donors (Lipinski definition) is 2. The average Bonchev–Trinajstić information content (AvgIpc) is 2.56. The standard InChI is InChI=1S/C14H19NO2/c15-13-8-11(7-12(9-13)14(16)17)10-5-3-1-2-4-6-10/h7-10H,1-6,15H2,(H,16,17). The predicted octanol–water partition coefficient (Wildman–Crippen LogP) is 3.40. The van der Waals surface area contributed by atoms with E-state index in [0.717, 1.165) is 18.4 Å². The van der Waals surface area contributed by atoms with E-state index in [4.69, 9.17) is 10.8 Å². The quantitative estimate of drug-likeness (QED) is 0.607. The van der Waals surface area contributed by atoms with Crippen LogP contribution in [-0.2, 0) is 0 Å². The fourth-order valence-corrected chi connectivity index (χ4v) is 2.65. The van der Waals surface area contributed by atoms with Crippen molar-refractivity contribution in [3.8, 4) is 0 Å². The molecule has 1 saturated carbocycles. The zero-order valence-corrected chi connectivity index (χ0v) is 9.98. The third-order valence-corrected chi connectivity index (χ3v) is 3.55. The molecule has 3 N–H and O–H groups in total. The van der Waals surface area contributed by atoms with Gasteiger partial charge in [0.05, 0.1) is 5.56 Å². The van der Waals surface area contributed by atoms with Gasteiger partial charge in [0.2, 0.25) is 0 Å². The molecule has 1 aromatic carbocycles. The Kier molecular flexibility index (Phi) is 3.67. The normalized spacial score (nSPS) is 17.6. The van der Waals surface area contributed by atoms with Crippen LogP contribution in [0.4, 0.5) is 5.69 Å². The predicted molar refractivity (Wildman–Crippen MR) is 68.3 cm³/mol. The number of benzene rings is 1. The number of carbonyl (C=O) groups is 1. The van der Waals surface area contributed by atoms with Crippen LogP contribution in [0.1, 0.15) is 60.4 Å². The minimum Gasteiger partial charge on any atom is -0.478 e. The molecule has 0 aromatic heterocycles. The molecule has 1 aromatic rings. The second-order valence-corrected chi connectivity index (χ2v) is 4.88. The molecule has 17 heavy (non-hydrogen) atoms. The minimum absolute atomic E-state index is 0.309. The Morgan fingerprint density at radius 1 is 1.12 bits per heavy atom. The highest BCUT2D eigenvalue weighted by molar-refractivity contribution is 5.89. The number of rotatable bonds is 2. The zero-order chi connectivity index (χ0) is 12.3. The molecule has 0 unspecified atom stereocenters. The van der Waals surface area contributed by atoms with E-state index >= 15 is 0 Å². The molecule has 1 aliphatic carbocycles. The van der Waals surface area contributed by atoms with Crippen LogP contribution in [0.2, 0.25) is 0 Å². The Morgan fingerprint density at radius 2 is 1.76 bits per heavy atom. The Hall–Kier alpha value is -1.51. The van der Waals surface area contributed by atoms with E-state index in [0.29, 0.717) is 17.2 Å². The van der Waals surface area contributed by atoms with Gasteiger partial charge >= 0.3 is 5.97 Å². The van der Waals surface area contributed by atoms with E-state index in [2.05, 4.69) is 0 Å². The van der Waals surface area contributed by atoms with Crippen molar-refractivity contribution < 1.29 is 9.90 Å². The summed E-state index contributed by atoms with van der Waals surface area (Å²) in [5.74, 6) is -0.411. The molecule has 0 amide bonds. The van der Waals surface area contributed by atoms with Crippen LogP contribution in [0.5, 0.6) is 0 Å². The van der Waals surface area contributed by atoms with E-state index in [-0.39, 0.29) is 0 Å². The third-order valence-electron chi connectivity index (χ3n) is 3.55. The Balaban J connectivity index is 2.27. The molecule has 3 heteroatoms. The summed E-state index contributed by atoms with van der Waals surface area (Å²) in [6, 6.07) is 5.25. The van der Waals surface area contributed by atoms with Gasteiger partial charge in [-0.2, -0.15) is 0 Å². The molecule has 0 spiro atoms. The van der Waals surface area contributed by atoms with Gasteiger partial charge in [0.1, 0.15) is 0 Å². The molecule has 3 nitrogen and oxygen atoms in total. The largest absolute Gasteiger partial charge is 0.478 e. The van der Waals surface area contributed by atoms with E-state index in [1.807, 2.05) is 6.07 Å². The first kappa shape index (κ1) is 12.0. The molecule has 0 heterocycles. The second-order valence-electron chi connectivity index (χ2n) is 4.88. The first-order chi connectivity index (χ1) is 8.16. The summed E-state index contributed by atoms with van der Waals surface area (Å²) < 4.78 is 0. The minimum atomic E-state index is -0.896. The van der Waals surface area contributed by atoms with Crippen molar-refractivity contribution in [1.82, 2.24) is 0 Å². The molecule has 0 radical (unpaired) electrons. The van der Waals surface area contributed by atoms with Crippen molar-refractivity contribution >= 4 is 11.7 Å². The van der Waals surface area contributed by atoms with Gasteiger partial charge < -0.3 is 10.8 Å². The summed E-state index contributed by atoms with van der Waals surface area (Å²) >= 11 is 0. The second kappa shape index (κ2) is 5.21. The number of nitrogens with two attached hydrogens (primary N) is 1. The van der Waals surface area contributed by atoms with Crippen LogP contribution < -0.4 is 5.73 Å². The highest BCUT2D eigenvalue weighted by atomic mass is 16.4. The number of hydrogen-bond acceptors (Lipinski definition) is 2. The van der Waals surface area contributed by atoms with Crippen LogP contribution in [0.3, 0.4) is 0 Å². The van der Waals surface area contributed by atoms with E-state index < -0.39 is 5.97 Å². The number of carboxylic acids is 1. The SMILES string of the molecule is Nc1cc(C(=O)O)cc(C2CCCCCC2)c1. The average molecular weight is 233 g/mol. The summed E-state index contributed by atoms with van der Waals surface area (Å²) in [6.45, 7) is 0. The van der Waals surface area contributed by atoms with Crippen molar-refractivity contribution in [2.24, 2.45) is 0 Å². The summed E-state index contributed by atoms with van der Waals surface area (Å²) in [7, 11) is 0. The Bertz CT molecular complexity index is 407. The molecule has 0 bridgehead atoms. The summed E-state index contributed by atoms with van der Waals surface area (Å²) in [5, 5.41) is 9.03. The smallest absolute Gasteiger partial charge is 0.335 e. The summed E-state index contributed by atoms with van der Waals surface area (Å²) in [4.78, 5) is 11.0. The van der Waals surface area contributed by atoms with Gasteiger partial charge in [-0.05, 0) is 42.5 Å². The maximum atomic E-state index is 11.0. The van der Waals surface area contributed by atoms with Crippen molar-refractivity contribution in [1.29, 1.82) is 0 Å². The zero-order valence-electron chi connectivity index (χ0n) is 9.98. The maximum absolute atomic E-state index is 11.0. The van der Waals surface area contributed by atoms with Crippen LogP contribution >= 0.6 is 0 Å². The summed E-state index contributed by atoms with van der Waals surface area (Å²) in [6.07, 6.45) is 7.38. The molecular formula is C14H19NO2. The highest BCUT2D eigenvalue weighted by Crippen LogP contribution is 2.32. The molecule has 0 aliphatic heterocycles. The molecule has 0 atom stereocenters. The van der Waals surface area contributed by atoms with Gasteiger partial charge in [0.15, 0.2) is 0 Å². The topological polar surface area (TPSA) is 63.3 Å². The lowest BCUT2D eigenvalue weighted by molar-refractivity contribution is 0.0697. The third kappa shape index (κ3) is 2.99. The van der Waals surface area contributed by atoms with Crippen LogP contribution in [-0.4, -0.2) is 11.1 Å². The Morgan fingerprint density at radius 3 is 2.35 bits per heavy atom. The van der Waals surface area contributed by atoms with Crippen LogP contribution in [0.25, 0.3) is 0 Å². The van der Waals surface area contributed by atoms with Gasteiger partial charge in [-0.15, -0.1) is 0 Å². The fourth-order valence-electron chi connectivity index (χ4n) is 2.65. The first-order valence-corrected chi connectivity index (χ1v) is 6.30. The molecular weight excluding hydrogens is 214 g/mol. The van der Waals surface area contributed by atoms with E-state index in [1.165, 1.54) is 31.7 Å². The molecule has 2 rings (SSSR count). The van der Waals surface area contributed by atoms with Crippen molar-refractivity contribution in [2.75, 3.05) is 5.73 Å². The lowest BCUT2D eigenvalue weighted by atomic mass is 9.90. The molecule has 0 saturated heterocycles. The number of anilines is 1. The molecule has 1 aliphatic rings. The first-order valence-electron chi connectivity index (χ1n) is 6.30. The maximum Gasteiger partial charge on any atom is 0.335 e. The fraction of sp³-hybridized carbons (Fsp3) is 0.500. The lowest BCUT2D eigenvalue weighted by Crippen LogP contribution is -2.04. The van der Waals surface area contributed by atoms with Gasteiger partial charge in [0, 0.05) is 5.69 Å². The molecule has 1 fully saturated rings. The van der Waals surface area contributed by atoms with E-state index in [1.54, 1.807) is 6.07 Å².